The van der Waals surface area contributed by atoms with Crippen molar-refractivity contribution in [1.29, 1.82) is 0 Å². The highest BCUT2D eigenvalue weighted by Crippen LogP contribution is 2.22. The van der Waals surface area contributed by atoms with Crippen LogP contribution < -0.4 is 10.6 Å². The molecule has 3 nitrogen and oxygen atoms in total. The standard InChI is InChI=1S/C14H18N2O/c1-10(2)9-16-14(17)12-5-6-13-11(8-12)4-3-7-15-13/h5-6,8,15H,1,3-4,7,9H2,2H3,(H,16,17). The van der Waals surface area contributed by atoms with Gasteiger partial charge in [0.25, 0.3) is 5.91 Å². The van der Waals surface area contributed by atoms with Gasteiger partial charge in [0.2, 0.25) is 0 Å². The number of anilines is 1. The molecule has 0 aliphatic carbocycles. The van der Waals surface area contributed by atoms with Gasteiger partial charge in [0, 0.05) is 24.3 Å². The second-order valence-electron chi connectivity index (χ2n) is 4.54. The number of hydrogen-bond donors (Lipinski definition) is 2. The van der Waals surface area contributed by atoms with E-state index >= 15 is 0 Å². The van der Waals surface area contributed by atoms with Crippen LogP contribution in [0.25, 0.3) is 0 Å². The summed E-state index contributed by atoms with van der Waals surface area (Å²) < 4.78 is 0. The molecule has 0 saturated heterocycles. The van der Waals surface area contributed by atoms with Crippen LogP contribution in [-0.2, 0) is 6.42 Å². The molecule has 0 spiro atoms. The Hall–Kier alpha value is -1.77. The fourth-order valence-electron chi connectivity index (χ4n) is 1.95. The molecule has 17 heavy (non-hydrogen) atoms. The molecular weight excluding hydrogens is 212 g/mol. The molecule has 90 valence electrons. The number of amides is 1. The number of nitrogens with one attached hydrogen (secondary N) is 2. The van der Waals surface area contributed by atoms with Crippen molar-refractivity contribution >= 4 is 11.6 Å². The van der Waals surface area contributed by atoms with Gasteiger partial charge < -0.3 is 10.6 Å². The lowest BCUT2D eigenvalue weighted by molar-refractivity contribution is 0.0957. The molecule has 0 fully saturated rings. The fourth-order valence-corrected chi connectivity index (χ4v) is 1.95. The smallest absolute Gasteiger partial charge is 0.251 e. The van der Waals surface area contributed by atoms with E-state index < -0.39 is 0 Å². The zero-order valence-corrected chi connectivity index (χ0v) is 10.2. The zero-order valence-electron chi connectivity index (χ0n) is 10.2. The first-order valence-electron chi connectivity index (χ1n) is 5.96. The van der Waals surface area contributed by atoms with Crippen molar-refractivity contribution in [2.24, 2.45) is 0 Å². The van der Waals surface area contributed by atoms with Gasteiger partial charge in [-0.3, -0.25) is 4.79 Å². The molecule has 1 heterocycles. The molecule has 0 radical (unpaired) electrons. The van der Waals surface area contributed by atoms with Crippen LogP contribution in [-0.4, -0.2) is 19.0 Å². The van der Waals surface area contributed by atoms with Crippen LogP contribution in [0.4, 0.5) is 5.69 Å². The van der Waals surface area contributed by atoms with Crippen molar-refractivity contribution in [3.05, 3.63) is 41.5 Å². The molecule has 0 aromatic heterocycles. The molecule has 1 amide bonds. The van der Waals surface area contributed by atoms with Crippen molar-refractivity contribution in [3.63, 3.8) is 0 Å². The molecule has 3 heteroatoms. The van der Waals surface area contributed by atoms with E-state index in [0.717, 1.165) is 36.2 Å². The van der Waals surface area contributed by atoms with E-state index in [2.05, 4.69) is 17.2 Å². The van der Waals surface area contributed by atoms with Crippen molar-refractivity contribution < 1.29 is 4.79 Å². The van der Waals surface area contributed by atoms with Gasteiger partial charge in [-0.05, 0) is 43.5 Å². The van der Waals surface area contributed by atoms with Gasteiger partial charge >= 0.3 is 0 Å². The summed E-state index contributed by atoms with van der Waals surface area (Å²) in [5.74, 6) is -0.0265. The summed E-state index contributed by atoms with van der Waals surface area (Å²) in [5.41, 5.74) is 4.08. The van der Waals surface area contributed by atoms with Crippen molar-refractivity contribution in [2.75, 3.05) is 18.4 Å². The summed E-state index contributed by atoms with van der Waals surface area (Å²) in [7, 11) is 0. The fraction of sp³-hybridized carbons (Fsp3) is 0.357. The number of fused-ring (bicyclic) bond motifs is 1. The normalized spacial score (nSPS) is 13.5. The summed E-state index contributed by atoms with van der Waals surface area (Å²) in [6, 6.07) is 5.84. The molecule has 1 aromatic carbocycles. The van der Waals surface area contributed by atoms with E-state index in [0.29, 0.717) is 6.54 Å². The van der Waals surface area contributed by atoms with Gasteiger partial charge in [-0.15, -0.1) is 0 Å². The number of aryl methyl sites for hydroxylation is 1. The Kier molecular flexibility index (Phi) is 3.47. The topological polar surface area (TPSA) is 41.1 Å². The second kappa shape index (κ2) is 5.04. The third kappa shape index (κ3) is 2.87. The lowest BCUT2D eigenvalue weighted by Crippen LogP contribution is -2.25. The first-order valence-corrected chi connectivity index (χ1v) is 5.96. The van der Waals surface area contributed by atoms with Crippen LogP contribution in [0.5, 0.6) is 0 Å². The maximum absolute atomic E-state index is 11.9. The first kappa shape index (κ1) is 11.7. The van der Waals surface area contributed by atoms with Crippen LogP contribution in [0.1, 0.15) is 29.3 Å². The quantitative estimate of drug-likeness (QED) is 0.783. The maximum Gasteiger partial charge on any atom is 0.251 e. The summed E-state index contributed by atoms with van der Waals surface area (Å²) in [4.78, 5) is 11.9. The summed E-state index contributed by atoms with van der Waals surface area (Å²) >= 11 is 0. The molecule has 0 unspecified atom stereocenters. The molecule has 0 saturated carbocycles. The predicted molar refractivity (Wildman–Crippen MR) is 70.4 cm³/mol. The Balaban J connectivity index is 2.11. The van der Waals surface area contributed by atoms with Crippen molar-refractivity contribution in [1.82, 2.24) is 5.32 Å². The molecule has 2 N–H and O–H groups in total. The second-order valence-corrected chi connectivity index (χ2v) is 4.54. The van der Waals surface area contributed by atoms with Crippen LogP contribution >= 0.6 is 0 Å². The number of hydrogen-bond acceptors (Lipinski definition) is 2. The van der Waals surface area contributed by atoms with Gasteiger partial charge in [0.05, 0.1) is 0 Å². The maximum atomic E-state index is 11.9. The minimum atomic E-state index is -0.0265. The van der Waals surface area contributed by atoms with Gasteiger partial charge in [0.1, 0.15) is 0 Å². The van der Waals surface area contributed by atoms with E-state index in [4.69, 9.17) is 0 Å². The first-order chi connectivity index (χ1) is 8.16. The minimum absolute atomic E-state index is 0.0265. The number of rotatable bonds is 3. The monoisotopic (exact) mass is 230 g/mol. The van der Waals surface area contributed by atoms with E-state index in [1.54, 1.807) is 0 Å². The summed E-state index contributed by atoms with van der Waals surface area (Å²) in [6.45, 7) is 7.22. The van der Waals surface area contributed by atoms with E-state index in [1.807, 2.05) is 25.1 Å². The average molecular weight is 230 g/mol. The molecular formula is C14H18N2O. The average Bonchev–Trinajstić information content (AvgIpc) is 2.35. The van der Waals surface area contributed by atoms with Crippen LogP contribution in [0.2, 0.25) is 0 Å². The van der Waals surface area contributed by atoms with Crippen molar-refractivity contribution in [3.8, 4) is 0 Å². The zero-order chi connectivity index (χ0) is 12.3. The molecule has 0 bridgehead atoms. The van der Waals surface area contributed by atoms with E-state index in [9.17, 15) is 4.79 Å². The van der Waals surface area contributed by atoms with Gasteiger partial charge in [-0.2, -0.15) is 0 Å². The lowest BCUT2D eigenvalue weighted by Gasteiger charge is -2.18. The minimum Gasteiger partial charge on any atom is -0.385 e. The largest absolute Gasteiger partial charge is 0.385 e. The Labute approximate surface area is 102 Å². The lowest BCUT2D eigenvalue weighted by atomic mass is 10.0. The third-order valence-corrected chi connectivity index (χ3v) is 2.86. The van der Waals surface area contributed by atoms with E-state index in [-0.39, 0.29) is 5.91 Å². The highest BCUT2D eigenvalue weighted by molar-refractivity contribution is 5.95. The summed E-state index contributed by atoms with van der Waals surface area (Å²) in [5, 5.41) is 6.18. The van der Waals surface area contributed by atoms with Gasteiger partial charge in [-0.1, -0.05) is 12.2 Å². The highest BCUT2D eigenvalue weighted by Gasteiger charge is 2.11. The Bertz CT molecular complexity index is 452. The molecule has 0 atom stereocenters. The molecule has 1 aliphatic rings. The molecule has 2 rings (SSSR count). The number of benzene rings is 1. The van der Waals surface area contributed by atoms with E-state index in [1.165, 1.54) is 5.56 Å². The van der Waals surface area contributed by atoms with Crippen LogP contribution in [0.15, 0.2) is 30.4 Å². The Morgan fingerprint density at radius 3 is 3.12 bits per heavy atom. The van der Waals surface area contributed by atoms with Gasteiger partial charge in [-0.25, -0.2) is 0 Å². The van der Waals surface area contributed by atoms with Crippen molar-refractivity contribution in [2.45, 2.75) is 19.8 Å². The third-order valence-electron chi connectivity index (χ3n) is 2.86. The number of carbonyl (C=O) groups excluding carboxylic acids is 1. The number of carbonyl (C=O) groups is 1. The molecule has 1 aliphatic heterocycles. The van der Waals surface area contributed by atoms with Gasteiger partial charge in [0.15, 0.2) is 0 Å². The predicted octanol–water partition coefficient (Wildman–Crippen LogP) is 2.35. The molecule has 1 aromatic rings. The van der Waals surface area contributed by atoms with Crippen LogP contribution in [0.3, 0.4) is 0 Å². The summed E-state index contributed by atoms with van der Waals surface area (Å²) in [6.07, 6.45) is 2.17. The highest BCUT2D eigenvalue weighted by atomic mass is 16.1. The Morgan fingerprint density at radius 1 is 1.53 bits per heavy atom. The Morgan fingerprint density at radius 2 is 2.35 bits per heavy atom. The van der Waals surface area contributed by atoms with Crippen LogP contribution in [0, 0.1) is 0 Å². The SMILES string of the molecule is C=C(C)CNC(=O)c1ccc2c(c1)CCCN2.